The number of para-hydroxylation sites is 1. The van der Waals surface area contributed by atoms with Gasteiger partial charge < -0.3 is 60.1 Å². The number of carboxylic acid groups (broad SMARTS) is 1. The molecule has 4 aliphatic rings. The van der Waals surface area contributed by atoms with Crippen molar-refractivity contribution in [1.82, 2.24) is 35.2 Å². The molecule has 1 aliphatic carbocycles. The molecule has 392 valence electrons. The molecular formula is C54H72LiN11O8. The molecular weight excluding hydrogens is 938 g/mol. The smallest absolute Gasteiger partial charge is 0.549 e. The zero-order chi connectivity index (χ0) is 51.9. The number of hydrogen-bond donors (Lipinski definition) is 3. The Kier molecular flexibility index (Phi) is 18.4. The average molecular weight is 1010 g/mol. The van der Waals surface area contributed by atoms with Crippen molar-refractivity contribution in [3.05, 3.63) is 78.5 Å². The van der Waals surface area contributed by atoms with Crippen molar-refractivity contribution in [3.63, 3.8) is 0 Å². The van der Waals surface area contributed by atoms with Gasteiger partial charge in [0.2, 0.25) is 17.7 Å². The van der Waals surface area contributed by atoms with Gasteiger partial charge in [-0.15, -0.1) is 10.2 Å². The summed E-state index contributed by atoms with van der Waals surface area (Å²) in [5, 5.41) is 26.5. The molecule has 19 nitrogen and oxygen atoms in total. The largest absolute Gasteiger partial charge is 1.00 e. The normalized spacial score (nSPS) is 19.7. The predicted octanol–water partition coefficient (Wildman–Crippen LogP) is 1.96. The van der Waals surface area contributed by atoms with Gasteiger partial charge in [0.1, 0.15) is 30.6 Å². The maximum absolute atomic E-state index is 13.6. The van der Waals surface area contributed by atoms with Gasteiger partial charge in [-0.1, -0.05) is 30.7 Å². The summed E-state index contributed by atoms with van der Waals surface area (Å²) >= 11 is 0. The van der Waals surface area contributed by atoms with E-state index in [1.807, 2.05) is 94.5 Å². The summed E-state index contributed by atoms with van der Waals surface area (Å²) in [5.74, 6) is -0.910. The van der Waals surface area contributed by atoms with Crippen LogP contribution in [0.15, 0.2) is 72.9 Å². The van der Waals surface area contributed by atoms with E-state index >= 15 is 0 Å². The molecule has 2 bridgehead atoms. The summed E-state index contributed by atoms with van der Waals surface area (Å²) in [6, 6.07) is 20.8. The van der Waals surface area contributed by atoms with Crippen molar-refractivity contribution in [2.45, 2.75) is 115 Å². The molecule has 1 saturated carbocycles. The fourth-order valence-electron chi connectivity index (χ4n) is 10.3. The van der Waals surface area contributed by atoms with E-state index in [4.69, 9.17) is 19.9 Å². The molecule has 2 aromatic heterocycles. The topological polar surface area (TPSA) is 224 Å². The molecule has 8 rings (SSSR count). The minimum Gasteiger partial charge on any atom is -0.549 e. The summed E-state index contributed by atoms with van der Waals surface area (Å²) in [7, 11) is 3.94. The SMILES string of the molecule is C[C@@H]1CN(C(=O)OC(C)(C)C)CCN1CCOc1cc(N2C3CCC2CN(c2cc(-c4ccccc4OCc4ccc(NC(=O)C(CCCCN(C)C)NC(=O)C5(C(=O)[O-])CCC5)cc4)nnc2N)C3)ccn1.[Li+]. The maximum atomic E-state index is 13.6. The molecule has 3 aliphatic heterocycles. The molecule has 3 amide bonds. The van der Waals surface area contributed by atoms with Gasteiger partial charge in [0.25, 0.3) is 0 Å². The first-order chi connectivity index (χ1) is 35.0. The van der Waals surface area contributed by atoms with Crippen LogP contribution in [0.1, 0.15) is 84.6 Å². The number of fused-ring (bicyclic) bond motifs is 2. The molecule has 4 fully saturated rings. The molecule has 2 aromatic carbocycles. The van der Waals surface area contributed by atoms with Crippen LogP contribution in [0.3, 0.4) is 0 Å². The number of rotatable bonds is 20. The number of unbranched alkanes of at least 4 members (excludes halogenated alkanes) is 1. The van der Waals surface area contributed by atoms with Crippen molar-refractivity contribution < 1.29 is 57.4 Å². The van der Waals surface area contributed by atoms with Crippen LogP contribution in [0.4, 0.5) is 27.7 Å². The first-order valence-corrected chi connectivity index (χ1v) is 25.7. The van der Waals surface area contributed by atoms with Gasteiger partial charge in [0.05, 0.1) is 22.8 Å². The summed E-state index contributed by atoms with van der Waals surface area (Å²) < 4.78 is 18.2. The van der Waals surface area contributed by atoms with Gasteiger partial charge in [-0.25, -0.2) is 9.78 Å². The number of amides is 3. The van der Waals surface area contributed by atoms with Crippen LogP contribution in [0.5, 0.6) is 11.6 Å². The van der Waals surface area contributed by atoms with Crippen LogP contribution in [-0.2, 0) is 25.7 Å². The van der Waals surface area contributed by atoms with E-state index < -0.39 is 34.8 Å². The molecule has 5 heterocycles. The van der Waals surface area contributed by atoms with Crippen molar-refractivity contribution in [1.29, 1.82) is 0 Å². The zero-order valence-corrected chi connectivity index (χ0v) is 44.2. The molecule has 3 unspecified atom stereocenters. The number of aliphatic carboxylic acids is 1. The van der Waals surface area contributed by atoms with Gasteiger partial charge in [-0.2, -0.15) is 0 Å². The van der Waals surface area contributed by atoms with E-state index in [-0.39, 0.29) is 62.5 Å². The number of carboxylic acids is 1. The monoisotopic (exact) mass is 1010 g/mol. The third-order valence-electron chi connectivity index (χ3n) is 14.5. The fourth-order valence-corrected chi connectivity index (χ4v) is 10.3. The molecule has 4 atom stereocenters. The Balaban J connectivity index is 0.00000800. The van der Waals surface area contributed by atoms with Gasteiger partial charge in [0, 0.05) is 86.6 Å². The summed E-state index contributed by atoms with van der Waals surface area (Å²) in [6.07, 6.45) is 6.48. The average Bonchev–Trinajstić information content (AvgIpc) is 3.60. The van der Waals surface area contributed by atoms with Crippen molar-refractivity contribution in [2.24, 2.45) is 5.41 Å². The van der Waals surface area contributed by atoms with Crippen molar-refractivity contribution >= 4 is 46.8 Å². The number of nitrogens with one attached hydrogen (secondary N) is 2. The number of anilines is 4. The Bertz CT molecular complexity index is 2560. The van der Waals surface area contributed by atoms with Crippen molar-refractivity contribution in [3.8, 4) is 22.9 Å². The number of nitrogen functional groups attached to an aromatic ring is 1. The van der Waals surface area contributed by atoms with Crippen LogP contribution < -0.4 is 59.6 Å². The van der Waals surface area contributed by atoms with E-state index in [1.54, 1.807) is 17.0 Å². The van der Waals surface area contributed by atoms with Crippen LogP contribution >= 0.6 is 0 Å². The minimum absolute atomic E-state index is 0. The maximum Gasteiger partial charge on any atom is 1.00 e. The predicted molar refractivity (Wildman–Crippen MR) is 277 cm³/mol. The number of benzene rings is 2. The van der Waals surface area contributed by atoms with E-state index in [9.17, 15) is 24.3 Å². The second-order valence-corrected chi connectivity index (χ2v) is 21.2. The molecule has 20 heteroatoms. The van der Waals surface area contributed by atoms with Crippen LogP contribution in [0.25, 0.3) is 11.3 Å². The number of nitrogens with two attached hydrogens (primary N) is 1. The summed E-state index contributed by atoms with van der Waals surface area (Å²) in [6.45, 7) is 13.5. The quantitative estimate of drug-likeness (QED) is 0.0654. The Labute approximate surface area is 447 Å². The molecule has 74 heavy (non-hydrogen) atoms. The van der Waals surface area contributed by atoms with Crippen molar-refractivity contribution in [2.75, 3.05) is 87.4 Å². The minimum atomic E-state index is -1.58. The second kappa shape index (κ2) is 24.5. The van der Waals surface area contributed by atoms with E-state index in [1.165, 1.54) is 0 Å². The molecule has 4 aromatic rings. The number of pyridine rings is 1. The fraction of sp³-hybridized carbons (Fsp3) is 0.537. The third kappa shape index (κ3) is 13.6. The number of carbonyl (C=O) groups excluding carboxylic acids is 4. The first-order valence-electron chi connectivity index (χ1n) is 25.7. The van der Waals surface area contributed by atoms with Gasteiger partial charge >= 0.3 is 25.0 Å². The number of hydrogen-bond acceptors (Lipinski definition) is 16. The Morgan fingerprint density at radius 2 is 1.66 bits per heavy atom. The first kappa shape index (κ1) is 55.6. The standard InChI is InChI=1S/C54H73N11O8.Li/c1-36-32-63(52(70)73-53(2,3)4)27-26-62(36)28-29-71-47-30-39(21-24-56-47)65-40-19-20-41(65)34-64(33-40)45-31-44(59-60-48(45)55)42-12-7-8-14-46(42)72-35-37-15-17-38(18-16-37)57-49(66)43(13-9-10-25-61(5)6)58-50(67)54(51(68)69)22-11-23-54;/h7-8,12,14-18,21,24,30-31,36,40-41,43H,9-11,13,19-20,22-23,25-29,32-35H2,1-6H3,(H2,55,60)(H,57,66)(H,58,67)(H,68,69);/q;+1/p-1/t36-,40?,41?,43?;/m1./s1. The number of carbonyl (C=O) groups is 4. The Morgan fingerprint density at radius 3 is 2.32 bits per heavy atom. The van der Waals surface area contributed by atoms with Gasteiger partial charge in [0.15, 0.2) is 5.82 Å². The van der Waals surface area contributed by atoms with Crippen LogP contribution in [-0.4, -0.2) is 150 Å². The van der Waals surface area contributed by atoms with E-state index in [2.05, 4.69) is 53.5 Å². The number of nitrogens with zero attached hydrogens (tertiary/aromatic N) is 8. The van der Waals surface area contributed by atoms with Gasteiger partial charge in [-0.05, 0) is 135 Å². The van der Waals surface area contributed by atoms with E-state index in [0.29, 0.717) is 67.8 Å². The van der Waals surface area contributed by atoms with Crippen LogP contribution in [0, 0.1) is 5.41 Å². The molecule has 3 saturated heterocycles. The van der Waals surface area contributed by atoms with Gasteiger partial charge in [-0.3, -0.25) is 14.5 Å². The van der Waals surface area contributed by atoms with E-state index in [0.717, 1.165) is 74.5 Å². The second-order valence-electron chi connectivity index (χ2n) is 21.2. The Morgan fingerprint density at radius 1 is 0.932 bits per heavy atom. The summed E-state index contributed by atoms with van der Waals surface area (Å²) in [5.41, 5.74) is 9.16. The molecule has 0 spiro atoms. The Hall–Kier alpha value is -6.13. The molecule has 4 N–H and O–H groups in total. The number of aromatic nitrogens is 3. The summed E-state index contributed by atoms with van der Waals surface area (Å²) in [4.78, 5) is 66.8. The third-order valence-corrected chi connectivity index (χ3v) is 14.5. The van der Waals surface area contributed by atoms with Crippen LogP contribution in [0.2, 0.25) is 0 Å². The number of piperazine rings is 2. The molecule has 0 radical (unpaired) electrons. The number of ether oxygens (including phenoxy) is 3. The zero-order valence-electron chi connectivity index (χ0n) is 44.2.